The van der Waals surface area contributed by atoms with Crippen LogP contribution in [-0.2, 0) is 9.59 Å². The molecule has 0 aliphatic heterocycles. The molecule has 2 N–H and O–H groups in total. The van der Waals surface area contributed by atoms with E-state index in [9.17, 15) is 9.59 Å². The van der Waals surface area contributed by atoms with Crippen LogP contribution in [0.2, 0.25) is 0 Å². The molecule has 0 atom stereocenters. The number of nitrogens with one attached hydrogen (secondary N) is 1. The van der Waals surface area contributed by atoms with Gasteiger partial charge in [-0.2, -0.15) is 0 Å². The van der Waals surface area contributed by atoms with Gasteiger partial charge in [0.05, 0.1) is 6.42 Å². The van der Waals surface area contributed by atoms with E-state index in [0.717, 1.165) is 38.5 Å². The summed E-state index contributed by atoms with van der Waals surface area (Å²) in [4.78, 5) is 22.8. The Hall–Kier alpha value is -1.58. The first-order chi connectivity index (χ1) is 15.1. The lowest BCUT2D eigenvalue weighted by molar-refractivity contribution is -0.138. The van der Waals surface area contributed by atoms with Gasteiger partial charge < -0.3 is 10.4 Å². The van der Waals surface area contributed by atoms with Crippen molar-refractivity contribution >= 4 is 11.9 Å². The smallest absolute Gasteiger partial charge is 0.303 e. The second-order valence-corrected chi connectivity index (χ2v) is 8.84. The standard InChI is InChI=1S/C27H49NO3/c1-3-5-7-9-11-13-15-17-19-21-25(28-26(29)23-24-27(30)31)22-20-18-16-14-12-10-8-6-4-2/h3-4,25H,1-2,5-24H2,(H,28,29)(H,30,31). The van der Waals surface area contributed by atoms with Crippen LogP contribution in [0.15, 0.2) is 25.3 Å². The quantitative estimate of drug-likeness (QED) is 0.120. The van der Waals surface area contributed by atoms with Gasteiger partial charge in [0.15, 0.2) is 0 Å². The van der Waals surface area contributed by atoms with Gasteiger partial charge in [-0.1, -0.05) is 89.2 Å². The van der Waals surface area contributed by atoms with E-state index < -0.39 is 5.97 Å². The van der Waals surface area contributed by atoms with Crippen molar-refractivity contribution in [2.24, 2.45) is 0 Å². The first-order valence-electron chi connectivity index (χ1n) is 12.8. The Bertz CT molecular complexity index is 435. The highest BCUT2D eigenvalue weighted by Gasteiger charge is 2.13. The van der Waals surface area contributed by atoms with Crippen LogP contribution >= 0.6 is 0 Å². The van der Waals surface area contributed by atoms with Gasteiger partial charge in [0.1, 0.15) is 0 Å². The van der Waals surface area contributed by atoms with E-state index in [0.29, 0.717) is 0 Å². The van der Waals surface area contributed by atoms with E-state index in [1.54, 1.807) is 0 Å². The summed E-state index contributed by atoms with van der Waals surface area (Å²) < 4.78 is 0. The highest BCUT2D eigenvalue weighted by Crippen LogP contribution is 2.16. The highest BCUT2D eigenvalue weighted by atomic mass is 16.4. The Morgan fingerprint density at radius 3 is 1.42 bits per heavy atom. The molecule has 0 radical (unpaired) electrons. The molecule has 180 valence electrons. The number of carboxylic acids is 1. The number of amides is 1. The van der Waals surface area contributed by atoms with Crippen LogP contribution in [0.1, 0.15) is 128 Å². The third-order valence-electron chi connectivity index (χ3n) is 5.85. The van der Waals surface area contributed by atoms with Crippen LogP contribution in [0.25, 0.3) is 0 Å². The summed E-state index contributed by atoms with van der Waals surface area (Å²) in [5, 5.41) is 11.9. The van der Waals surface area contributed by atoms with Gasteiger partial charge in [0.25, 0.3) is 0 Å². The number of carbonyl (C=O) groups is 2. The maximum absolute atomic E-state index is 12.1. The normalized spacial score (nSPS) is 10.9. The lowest BCUT2D eigenvalue weighted by Gasteiger charge is -2.19. The molecule has 0 fully saturated rings. The second-order valence-electron chi connectivity index (χ2n) is 8.84. The molecule has 0 unspecified atom stereocenters. The minimum Gasteiger partial charge on any atom is -0.481 e. The summed E-state index contributed by atoms with van der Waals surface area (Å²) in [6.07, 6.45) is 25.8. The molecule has 0 bridgehead atoms. The van der Waals surface area contributed by atoms with Gasteiger partial charge in [0, 0.05) is 12.5 Å². The number of hydrogen-bond acceptors (Lipinski definition) is 2. The van der Waals surface area contributed by atoms with Crippen molar-refractivity contribution in [2.75, 3.05) is 0 Å². The minimum absolute atomic E-state index is 0.0846. The van der Waals surface area contributed by atoms with Crippen LogP contribution in [0.3, 0.4) is 0 Å². The van der Waals surface area contributed by atoms with Gasteiger partial charge >= 0.3 is 5.97 Å². The molecular weight excluding hydrogens is 386 g/mol. The second kappa shape index (κ2) is 23.1. The van der Waals surface area contributed by atoms with Gasteiger partial charge in [0.2, 0.25) is 5.91 Å². The molecule has 0 aromatic heterocycles. The molecule has 31 heavy (non-hydrogen) atoms. The zero-order valence-electron chi connectivity index (χ0n) is 20.1. The molecular formula is C27H49NO3. The maximum Gasteiger partial charge on any atom is 0.303 e. The summed E-state index contributed by atoms with van der Waals surface area (Å²) >= 11 is 0. The van der Waals surface area contributed by atoms with Crippen molar-refractivity contribution < 1.29 is 14.7 Å². The molecule has 0 rings (SSSR count). The van der Waals surface area contributed by atoms with Crippen LogP contribution in [0.5, 0.6) is 0 Å². The predicted molar refractivity (Wildman–Crippen MR) is 132 cm³/mol. The Kier molecular flexibility index (Phi) is 21.9. The summed E-state index contributed by atoms with van der Waals surface area (Å²) in [7, 11) is 0. The molecule has 0 aromatic carbocycles. The number of carboxylic acid groups (broad SMARTS) is 1. The Balaban J connectivity index is 3.99. The number of hydrogen-bond donors (Lipinski definition) is 2. The summed E-state index contributed by atoms with van der Waals surface area (Å²) in [5.74, 6) is -1.02. The van der Waals surface area contributed by atoms with Crippen LogP contribution < -0.4 is 5.32 Å². The first-order valence-corrected chi connectivity index (χ1v) is 12.8. The largest absolute Gasteiger partial charge is 0.481 e. The SMILES string of the molecule is C=CCCCCCCCCCC(CCCCCCCCCC=C)NC(=O)CCC(=O)O. The lowest BCUT2D eigenvalue weighted by Crippen LogP contribution is -2.35. The third kappa shape index (κ3) is 22.9. The van der Waals surface area contributed by atoms with Crippen molar-refractivity contribution in [1.82, 2.24) is 5.32 Å². The third-order valence-corrected chi connectivity index (χ3v) is 5.85. The van der Waals surface area contributed by atoms with Gasteiger partial charge in [-0.25, -0.2) is 0 Å². The first kappa shape index (κ1) is 29.4. The topological polar surface area (TPSA) is 66.4 Å². The lowest BCUT2D eigenvalue weighted by atomic mass is 9.99. The predicted octanol–water partition coefficient (Wildman–Crippen LogP) is 7.73. The maximum atomic E-state index is 12.1. The molecule has 1 amide bonds. The van der Waals surface area contributed by atoms with Crippen LogP contribution in [-0.4, -0.2) is 23.0 Å². The highest BCUT2D eigenvalue weighted by molar-refractivity contribution is 5.80. The van der Waals surface area contributed by atoms with Gasteiger partial charge in [-0.05, 0) is 38.5 Å². The molecule has 4 heteroatoms. The summed E-state index contributed by atoms with van der Waals surface area (Å²) in [5.41, 5.74) is 0. The van der Waals surface area contributed by atoms with Crippen molar-refractivity contribution in [3.8, 4) is 0 Å². The monoisotopic (exact) mass is 435 g/mol. The van der Waals surface area contributed by atoms with E-state index >= 15 is 0 Å². The number of allylic oxidation sites excluding steroid dienone is 2. The molecule has 0 spiro atoms. The summed E-state index contributed by atoms with van der Waals surface area (Å²) in [6, 6.07) is 0.196. The zero-order chi connectivity index (χ0) is 23.0. The zero-order valence-corrected chi connectivity index (χ0v) is 20.1. The molecule has 4 nitrogen and oxygen atoms in total. The fourth-order valence-corrected chi connectivity index (χ4v) is 3.94. The van der Waals surface area contributed by atoms with Gasteiger partial charge in [-0.15, -0.1) is 13.2 Å². The van der Waals surface area contributed by atoms with Crippen molar-refractivity contribution in [2.45, 2.75) is 134 Å². The van der Waals surface area contributed by atoms with Crippen molar-refractivity contribution in [3.63, 3.8) is 0 Å². The molecule has 0 aliphatic rings. The molecule has 0 aliphatic carbocycles. The fraction of sp³-hybridized carbons (Fsp3) is 0.778. The van der Waals surface area contributed by atoms with Gasteiger partial charge in [-0.3, -0.25) is 9.59 Å². The van der Waals surface area contributed by atoms with E-state index in [1.165, 1.54) is 77.0 Å². The van der Waals surface area contributed by atoms with E-state index in [1.807, 2.05) is 12.2 Å². The molecule has 0 heterocycles. The summed E-state index contributed by atoms with van der Waals surface area (Å²) in [6.45, 7) is 7.53. The number of unbranched alkanes of at least 4 members (excludes halogenated alkanes) is 14. The Morgan fingerprint density at radius 2 is 1.03 bits per heavy atom. The fourth-order valence-electron chi connectivity index (χ4n) is 3.94. The van der Waals surface area contributed by atoms with Crippen LogP contribution in [0, 0.1) is 0 Å². The van der Waals surface area contributed by atoms with Crippen molar-refractivity contribution in [3.05, 3.63) is 25.3 Å². The van der Waals surface area contributed by atoms with E-state index in [4.69, 9.17) is 5.11 Å². The number of aliphatic carboxylic acids is 1. The van der Waals surface area contributed by atoms with Crippen molar-refractivity contribution in [1.29, 1.82) is 0 Å². The van der Waals surface area contributed by atoms with E-state index in [-0.39, 0.29) is 24.8 Å². The molecule has 0 aromatic rings. The Labute approximate surface area is 192 Å². The van der Waals surface area contributed by atoms with E-state index in [2.05, 4.69) is 18.5 Å². The average molecular weight is 436 g/mol. The number of carbonyl (C=O) groups excluding carboxylic acids is 1. The molecule has 0 saturated carbocycles. The average Bonchev–Trinajstić information content (AvgIpc) is 2.75. The van der Waals surface area contributed by atoms with Crippen LogP contribution in [0.4, 0.5) is 0 Å². The Morgan fingerprint density at radius 1 is 0.645 bits per heavy atom. The minimum atomic E-state index is -0.909. The number of rotatable bonds is 24. The molecule has 0 saturated heterocycles.